The number of amides is 1. The quantitative estimate of drug-likeness (QED) is 0.201. The Labute approximate surface area is 211 Å². The van der Waals surface area contributed by atoms with Gasteiger partial charge in [0.1, 0.15) is 11.5 Å². The van der Waals surface area contributed by atoms with Gasteiger partial charge in [-0.1, -0.05) is 18.2 Å². The molecule has 0 saturated carbocycles. The maximum atomic E-state index is 12.7. The second-order valence-electron chi connectivity index (χ2n) is 7.75. The zero-order chi connectivity index (χ0) is 26.6. The van der Waals surface area contributed by atoms with Gasteiger partial charge in [0.25, 0.3) is 11.6 Å². The van der Waals surface area contributed by atoms with Gasteiger partial charge in [-0.05, 0) is 48.9 Å². The number of hydrogen-bond acceptors (Lipinski definition) is 10. The molecular weight excluding hydrogens is 506 g/mol. The summed E-state index contributed by atoms with van der Waals surface area (Å²) in [5.74, 6) is 0.399. The first kappa shape index (κ1) is 25.4. The van der Waals surface area contributed by atoms with Crippen LogP contribution in [-0.2, 0) is 14.9 Å². The van der Waals surface area contributed by atoms with Crippen LogP contribution in [0.25, 0.3) is 0 Å². The molecule has 4 rings (SSSR count). The zero-order valence-electron chi connectivity index (χ0n) is 19.6. The summed E-state index contributed by atoms with van der Waals surface area (Å²) < 4.78 is 47.0. The number of nitrogens with zero attached hydrogens (tertiary/aromatic N) is 2. The van der Waals surface area contributed by atoms with Crippen LogP contribution in [0.2, 0.25) is 0 Å². The number of methoxy groups -OCH3 is 1. The van der Waals surface area contributed by atoms with E-state index < -0.39 is 27.1 Å². The number of hydrogen-bond donors (Lipinski definition) is 1. The van der Waals surface area contributed by atoms with Crippen molar-refractivity contribution in [3.05, 3.63) is 81.9 Å². The number of fused-ring (bicyclic) bond motifs is 1. The molecule has 0 bridgehead atoms. The van der Waals surface area contributed by atoms with Crippen LogP contribution >= 0.6 is 0 Å². The average Bonchev–Trinajstić information content (AvgIpc) is 2.88. The molecular formula is C24H21N3O9S. The van der Waals surface area contributed by atoms with Gasteiger partial charge in [0.2, 0.25) is 6.10 Å². The second kappa shape index (κ2) is 10.5. The zero-order valence-corrected chi connectivity index (χ0v) is 20.4. The molecule has 3 aromatic carbocycles. The van der Waals surface area contributed by atoms with E-state index in [4.69, 9.17) is 18.4 Å². The van der Waals surface area contributed by atoms with Crippen molar-refractivity contribution in [1.82, 2.24) is 5.43 Å². The lowest BCUT2D eigenvalue weighted by Gasteiger charge is -2.24. The summed E-state index contributed by atoms with van der Waals surface area (Å²) in [6, 6.07) is 14.7. The fraction of sp³-hybridized carbons (Fsp3) is 0.167. The number of aryl methyl sites for hydroxylation is 1. The number of nitro groups is 1. The Morgan fingerprint density at radius 3 is 2.62 bits per heavy atom. The van der Waals surface area contributed by atoms with E-state index in [1.807, 2.05) is 0 Å². The van der Waals surface area contributed by atoms with E-state index in [1.165, 1.54) is 50.6 Å². The highest BCUT2D eigenvalue weighted by molar-refractivity contribution is 7.87. The Hall–Kier alpha value is -4.65. The largest absolute Gasteiger partial charge is 0.493 e. The summed E-state index contributed by atoms with van der Waals surface area (Å²) in [7, 11) is -3.08. The molecule has 0 radical (unpaired) electrons. The molecule has 3 aromatic rings. The Morgan fingerprint density at radius 1 is 1.14 bits per heavy atom. The summed E-state index contributed by atoms with van der Waals surface area (Å²) in [6.45, 7) is 1.52. The van der Waals surface area contributed by atoms with Gasteiger partial charge in [0.15, 0.2) is 23.0 Å². The average molecular weight is 528 g/mol. The lowest BCUT2D eigenvalue weighted by Crippen LogP contribution is -2.42. The first-order chi connectivity index (χ1) is 17.7. The first-order valence-corrected chi connectivity index (χ1v) is 12.2. The van der Waals surface area contributed by atoms with E-state index in [-0.39, 0.29) is 28.7 Å². The van der Waals surface area contributed by atoms with Crippen LogP contribution in [-0.4, -0.2) is 45.3 Å². The Kier molecular flexibility index (Phi) is 7.25. The van der Waals surface area contributed by atoms with Crippen molar-refractivity contribution in [3.63, 3.8) is 0 Å². The molecule has 1 heterocycles. The molecule has 1 unspecified atom stereocenters. The number of benzene rings is 3. The molecule has 1 aliphatic rings. The van der Waals surface area contributed by atoms with Gasteiger partial charge in [-0.25, -0.2) is 5.43 Å². The number of carbonyl (C=O) groups is 1. The molecule has 0 saturated heterocycles. The van der Waals surface area contributed by atoms with Crippen LogP contribution in [0.15, 0.2) is 70.7 Å². The molecule has 1 N–H and O–H groups in total. The van der Waals surface area contributed by atoms with Crippen LogP contribution in [0, 0.1) is 17.0 Å². The highest BCUT2D eigenvalue weighted by Gasteiger charge is 2.27. The highest BCUT2D eigenvalue weighted by atomic mass is 32.2. The van der Waals surface area contributed by atoms with Crippen molar-refractivity contribution in [3.8, 4) is 23.0 Å². The molecule has 37 heavy (non-hydrogen) atoms. The van der Waals surface area contributed by atoms with Crippen LogP contribution in [0.1, 0.15) is 11.1 Å². The van der Waals surface area contributed by atoms with Crippen molar-refractivity contribution in [2.45, 2.75) is 17.9 Å². The number of ether oxygens (including phenoxy) is 3. The third kappa shape index (κ3) is 5.78. The van der Waals surface area contributed by atoms with E-state index in [0.717, 1.165) is 6.07 Å². The smallest absolute Gasteiger partial charge is 0.339 e. The highest BCUT2D eigenvalue weighted by Crippen LogP contribution is 2.32. The van der Waals surface area contributed by atoms with Crippen LogP contribution in [0.4, 0.5) is 5.69 Å². The summed E-state index contributed by atoms with van der Waals surface area (Å²) in [4.78, 5) is 22.5. The van der Waals surface area contributed by atoms with Gasteiger partial charge in [-0.15, -0.1) is 0 Å². The van der Waals surface area contributed by atoms with Crippen LogP contribution in [0.5, 0.6) is 23.0 Å². The first-order valence-electron chi connectivity index (χ1n) is 10.8. The Morgan fingerprint density at radius 2 is 1.89 bits per heavy atom. The van der Waals surface area contributed by atoms with E-state index in [2.05, 4.69) is 10.5 Å². The third-order valence-electron chi connectivity index (χ3n) is 5.24. The lowest BCUT2D eigenvalue weighted by atomic mass is 10.2. The number of rotatable bonds is 8. The summed E-state index contributed by atoms with van der Waals surface area (Å²) in [5, 5.41) is 15.1. The number of para-hydroxylation sites is 2. The van der Waals surface area contributed by atoms with Gasteiger partial charge < -0.3 is 18.4 Å². The molecule has 1 aliphatic heterocycles. The molecule has 13 heteroatoms. The molecule has 0 aromatic heterocycles. The van der Waals surface area contributed by atoms with Gasteiger partial charge in [0, 0.05) is 11.6 Å². The molecule has 1 amide bonds. The van der Waals surface area contributed by atoms with Crippen molar-refractivity contribution in [2.75, 3.05) is 13.7 Å². The summed E-state index contributed by atoms with van der Waals surface area (Å²) in [5.41, 5.74) is 2.78. The molecule has 0 fully saturated rings. The maximum absolute atomic E-state index is 12.7. The lowest BCUT2D eigenvalue weighted by molar-refractivity contribution is -0.385. The fourth-order valence-electron chi connectivity index (χ4n) is 3.33. The summed E-state index contributed by atoms with van der Waals surface area (Å²) in [6.07, 6.45) is 0.430. The second-order valence-corrected chi connectivity index (χ2v) is 9.30. The van der Waals surface area contributed by atoms with Crippen LogP contribution in [0.3, 0.4) is 0 Å². The van der Waals surface area contributed by atoms with Gasteiger partial charge in [-0.2, -0.15) is 13.5 Å². The van der Waals surface area contributed by atoms with E-state index >= 15 is 0 Å². The van der Waals surface area contributed by atoms with Crippen molar-refractivity contribution in [2.24, 2.45) is 5.10 Å². The van der Waals surface area contributed by atoms with Gasteiger partial charge in [0.05, 0.1) is 18.2 Å². The fourth-order valence-corrected chi connectivity index (χ4v) is 4.29. The number of nitrogens with one attached hydrogen (secondary N) is 1. The van der Waals surface area contributed by atoms with Crippen molar-refractivity contribution in [1.29, 1.82) is 0 Å². The van der Waals surface area contributed by atoms with Crippen molar-refractivity contribution < 1.29 is 36.5 Å². The topological polar surface area (TPSA) is 156 Å². The minimum Gasteiger partial charge on any atom is -0.493 e. The Bertz CT molecular complexity index is 1490. The predicted molar refractivity (Wildman–Crippen MR) is 131 cm³/mol. The van der Waals surface area contributed by atoms with Gasteiger partial charge in [-0.3, -0.25) is 14.9 Å². The van der Waals surface area contributed by atoms with Gasteiger partial charge >= 0.3 is 10.1 Å². The molecule has 0 spiro atoms. The normalized spacial score (nSPS) is 14.7. The molecule has 12 nitrogen and oxygen atoms in total. The van der Waals surface area contributed by atoms with E-state index in [1.54, 1.807) is 24.3 Å². The molecule has 0 aliphatic carbocycles. The van der Waals surface area contributed by atoms with E-state index in [0.29, 0.717) is 22.6 Å². The predicted octanol–water partition coefficient (Wildman–Crippen LogP) is 2.97. The Balaban J connectivity index is 1.43. The SMILES string of the molecule is COc1cc(/C=N/NC(=O)C2COc3ccccc3O2)ccc1OS(=O)(=O)c1ccc(C)c([N+](=O)[O-])c1. The standard InChI is InChI=1S/C24H21N3O9S/c1-15-7-9-17(12-18(15)27(29)30)37(31,32)36-21-10-8-16(11-22(21)33-2)13-25-26-24(28)23-14-34-19-5-3-4-6-20(19)35-23/h3-13,23H,14H2,1-2H3,(H,26,28)/b25-13+. The van der Waals surface area contributed by atoms with E-state index in [9.17, 15) is 23.3 Å². The molecule has 1 atom stereocenters. The van der Waals surface area contributed by atoms with Crippen LogP contribution < -0.4 is 23.8 Å². The number of nitro benzene ring substituents is 1. The van der Waals surface area contributed by atoms with Crippen molar-refractivity contribution >= 4 is 27.9 Å². The monoisotopic (exact) mass is 527 g/mol. The number of hydrazone groups is 1. The minimum atomic E-state index is -4.39. The third-order valence-corrected chi connectivity index (χ3v) is 6.47. The summed E-state index contributed by atoms with van der Waals surface area (Å²) >= 11 is 0. The minimum absolute atomic E-state index is 0.0246. The maximum Gasteiger partial charge on any atom is 0.339 e. The molecule has 192 valence electrons. The number of carbonyl (C=O) groups excluding carboxylic acids is 1.